The lowest BCUT2D eigenvalue weighted by atomic mass is 10.1. The van der Waals surface area contributed by atoms with Gasteiger partial charge in [-0.1, -0.05) is 23.7 Å². The Morgan fingerprint density at radius 2 is 2.38 bits per heavy atom. The summed E-state index contributed by atoms with van der Waals surface area (Å²) < 4.78 is 5.73. The van der Waals surface area contributed by atoms with Crippen LogP contribution >= 0.6 is 11.6 Å². The summed E-state index contributed by atoms with van der Waals surface area (Å²) in [6.45, 7) is 2.02. The molecular weight excluding hydrogens is 226 g/mol. The van der Waals surface area contributed by atoms with Crippen LogP contribution in [-0.4, -0.2) is 17.4 Å². The Morgan fingerprint density at radius 1 is 1.56 bits per heavy atom. The third kappa shape index (κ3) is 1.18. The molecule has 0 saturated heterocycles. The van der Waals surface area contributed by atoms with E-state index >= 15 is 0 Å². The molecule has 1 aliphatic heterocycles. The molecule has 1 aromatic heterocycles. The molecule has 0 aliphatic carbocycles. The first kappa shape index (κ1) is 9.73. The lowest BCUT2D eigenvalue weighted by molar-refractivity contribution is 0.112. The SMILES string of the molecule is CC1Cc2ccc3c(Cl)c(C=O)[nH]c3c2O1. The topological polar surface area (TPSA) is 42.1 Å². The number of hydrogen-bond acceptors (Lipinski definition) is 2. The van der Waals surface area contributed by atoms with E-state index in [0.717, 1.165) is 34.9 Å². The maximum atomic E-state index is 10.8. The number of carbonyl (C=O) groups is 1. The summed E-state index contributed by atoms with van der Waals surface area (Å²) in [5.41, 5.74) is 2.40. The first-order valence-electron chi connectivity index (χ1n) is 5.15. The minimum Gasteiger partial charge on any atom is -0.488 e. The number of halogens is 1. The van der Waals surface area contributed by atoms with Crippen molar-refractivity contribution in [3.05, 3.63) is 28.4 Å². The Hall–Kier alpha value is -1.48. The van der Waals surface area contributed by atoms with Crippen LogP contribution in [0.3, 0.4) is 0 Å². The van der Waals surface area contributed by atoms with Crippen LogP contribution in [0, 0.1) is 0 Å². The van der Waals surface area contributed by atoms with Gasteiger partial charge in [0.2, 0.25) is 0 Å². The Morgan fingerprint density at radius 3 is 3.12 bits per heavy atom. The van der Waals surface area contributed by atoms with Gasteiger partial charge in [-0.3, -0.25) is 4.79 Å². The van der Waals surface area contributed by atoms with E-state index in [1.807, 2.05) is 19.1 Å². The van der Waals surface area contributed by atoms with E-state index in [2.05, 4.69) is 4.98 Å². The average molecular weight is 236 g/mol. The molecule has 4 heteroatoms. The number of aromatic nitrogens is 1. The van der Waals surface area contributed by atoms with Gasteiger partial charge in [-0.05, 0) is 6.92 Å². The number of nitrogens with one attached hydrogen (secondary N) is 1. The van der Waals surface area contributed by atoms with Gasteiger partial charge < -0.3 is 9.72 Å². The summed E-state index contributed by atoms with van der Waals surface area (Å²) in [5, 5.41) is 1.31. The van der Waals surface area contributed by atoms with E-state index in [1.165, 1.54) is 0 Å². The first-order valence-corrected chi connectivity index (χ1v) is 5.53. The number of ether oxygens (including phenoxy) is 1. The van der Waals surface area contributed by atoms with E-state index in [4.69, 9.17) is 16.3 Å². The number of aldehydes is 1. The van der Waals surface area contributed by atoms with E-state index in [1.54, 1.807) is 0 Å². The van der Waals surface area contributed by atoms with Crippen molar-refractivity contribution < 1.29 is 9.53 Å². The van der Waals surface area contributed by atoms with Gasteiger partial charge in [0.05, 0.1) is 16.2 Å². The number of rotatable bonds is 1. The highest BCUT2D eigenvalue weighted by atomic mass is 35.5. The molecule has 0 bridgehead atoms. The normalized spacial score (nSPS) is 18.5. The molecule has 82 valence electrons. The zero-order valence-corrected chi connectivity index (χ0v) is 9.47. The number of aromatic amines is 1. The van der Waals surface area contributed by atoms with Gasteiger partial charge in [0.25, 0.3) is 0 Å². The van der Waals surface area contributed by atoms with Crippen molar-refractivity contribution in [2.75, 3.05) is 0 Å². The number of fused-ring (bicyclic) bond motifs is 3. The van der Waals surface area contributed by atoms with Crippen LogP contribution < -0.4 is 4.74 Å². The molecule has 0 amide bonds. The highest BCUT2D eigenvalue weighted by molar-refractivity contribution is 6.38. The van der Waals surface area contributed by atoms with Crippen LogP contribution in [0.2, 0.25) is 5.02 Å². The van der Waals surface area contributed by atoms with Crippen LogP contribution in [0.1, 0.15) is 23.0 Å². The van der Waals surface area contributed by atoms with Gasteiger partial charge in [-0.2, -0.15) is 0 Å². The largest absolute Gasteiger partial charge is 0.488 e. The zero-order valence-electron chi connectivity index (χ0n) is 8.71. The Balaban J connectivity index is 2.34. The highest BCUT2D eigenvalue weighted by Crippen LogP contribution is 2.39. The van der Waals surface area contributed by atoms with Crippen LogP contribution in [0.4, 0.5) is 0 Å². The van der Waals surface area contributed by atoms with Crippen molar-refractivity contribution in [3.8, 4) is 5.75 Å². The van der Waals surface area contributed by atoms with Crippen LogP contribution in [0.5, 0.6) is 5.75 Å². The quantitative estimate of drug-likeness (QED) is 0.773. The second kappa shape index (κ2) is 3.25. The Kier molecular flexibility index (Phi) is 1.98. The van der Waals surface area contributed by atoms with E-state index < -0.39 is 0 Å². The minimum absolute atomic E-state index is 0.183. The van der Waals surface area contributed by atoms with Crippen LogP contribution in [0.25, 0.3) is 10.9 Å². The van der Waals surface area contributed by atoms with E-state index in [0.29, 0.717) is 10.7 Å². The van der Waals surface area contributed by atoms with Gasteiger partial charge in [0.1, 0.15) is 11.9 Å². The third-order valence-corrected chi connectivity index (χ3v) is 3.32. The van der Waals surface area contributed by atoms with Crippen molar-refractivity contribution in [3.63, 3.8) is 0 Å². The fraction of sp³-hybridized carbons (Fsp3) is 0.250. The summed E-state index contributed by atoms with van der Waals surface area (Å²) in [5.74, 6) is 0.833. The van der Waals surface area contributed by atoms with Gasteiger partial charge >= 0.3 is 0 Å². The van der Waals surface area contributed by atoms with Crippen LogP contribution in [-0.2, 0) is 6.42 Å². The minimum atomic E-state index is 0.183. The van der Waals surface area contributed by atoms with Crippen molar-refractivity contribution in [2.24, 2.45) is 0 Å². The molecule has 1 aliphatic rings. The lowest BCUT2D eigenvalue weighted by Crippen LogP contribution is -2.05. The molecule has 1 aromatic carbocycles. The molecule has 1 unspecified atom stereocenters. The molecule has 0 fully saturated rings. The Labute approximate surface area is 97.4 Å². The van der Waals surface area contributed by atoms with Crippen molar-refractivity contribution >= 4 is 28.8 Å². The van der Waals surface area contributed by atoms with Crippen LogP contribution in [0.15, 0.2) is 12.1 Å². The van der Waals surface area contributed by atoms with Gasteiger partial charge in [0, 0.05) is 17.4 Å². The molecule has 0 saturated carbocycles. The van der Waals surface area contributed by atoms with E-state index in [-0.39, 0.29) is 6.10 Å². The average Bonchev–Trinajstić information content (AvgIpc) is 2.78. The first-order chi connectivity index (χ1) is 7.70. The van der Waals surface area contributed by atoms with Crippen molar-refractivity contribution in [1.29, 1.82) is 0 Å². The standard InChI is InChI=1S/C12H10ClNO2/c1-6-4-7-2-3-8-10(13)9(5-15)14-11(8)12(7)16-6/h2-3,5-6,14H,4H2,1H3. The van der Waals surface area contributed by atoms with Gasteiger partial charge in [0.15, 0.2) is 6.29 Å². The molecule has 2 aromatic rings. The number of benzene rings is 1. The molecule has 2 heterocycles. The van der Waals surface area contributed by atoms with E-state index in [9.17, 15) is 4.79 Å². The second-order valence-electron chi connectivity index (χ2n) is 4.08. The van der Waals surface area contributed by atoms with Gasteiger partial charge in [-0.25, -0.2) is 0 Å². The maximum absolute atomic E-state index is 10.8. The lowest BCUT2D eigenvalue weighted by Gasteiger charge is -2.03. The molecule has 3 rings (SSSR count). The zero-order chi connectivity index (χ0) is 11.3. The number of carbonyl (C=O) groups excluding carboxylic acids is 1. The molecular formula is C12H10ClNO2. The van der Waals surface area contributed by atoms with Crippen molar-refractivity contribution in [2.45, 2.75) is 19.4 Å². The summed E-state index contributed by atoms with van der Waals surface area (Å²) in [6.07, 6.45) is 1.81. The molecule has 0 spiro atoms. The molecule has 3 nitrogen and oxygen atoms in total. The predicted molar refractivity (Wildman–Crippen MR) is 62.5 cm³/mol. The third-order valence-electron chi connectivity index (χ3n) is 2.92. The highest BCUT2D eigenvalue weighted by Gasteiger charge is 2.23. The second-order valence-corrected chi connectivity index (χ2v) is 4.46. The fourth-order valence-electron chi connectivity index (χ4n) is 2.20. The summed E-state index contributed by atoms with van der Waals surface area (Å²) in [7, 11) is 0. The smallest absolute Gasteiger partial charge is 0.167 e. The molecule has 16 heavy (non-hydrogen) atoms. The van der Waals surface area contributed by atoms with Gasteiger partial charge in [-0.15, -0.1) is 0 Å². The predicted octanol–water partition coefficient (Wildman–Crippen LogP) is 2.96. The summed E-state index contributed by atoms with van der Waals surface area (Å²) in [6, 6.07) is 3.94. The molecule has 1 atom stereocenters. The number of hydrogen-bond donors (Lipinski definition) is 1. The maximum Gasteiger partial charge on any atom is 0.167 e. The van der Waals surface area contributed by atoms with Crippen molar-refractivity contribution in [1.82, 2.24) is 4.98 Å². The fourth-order valence-corrected chi connectivity index (χ4v) is 2.45. The Bertz CT molecular complexity index is 588. The summed E-state index contributed by atoms with van der Waals surface area (Å²) >= 11 is 6.08. The number of H-pyrrole nitrogens is 1. The summed E-state index contributed by atoms with van der Waals surface area (Å²) in [4.78, 5) is 13.8. The molecule has 1 N–H and O–H groups in total. The molecule has 0 radical (unpaired) electrons. The monoisotopic (exact) mass is 235 g/mol.